The fourth-order valence-electron chi connectivity index (χ4n) is 5.13. The van der Waals surface area contributed by atoms with Gasteiger partial charge in [0.05, 0.1) is 32.5 Å². The van der Waals surface area contributed by atoms with Gasteiger partial charge in [0.1, 0.15) is 27.4 Å². The van der Waals surface area contributed by atoms with Crippen molar-refractivity contribution in [1.82, 2.24) is 20.6 Å². The molecule has 0 radical (unpaired) electrons. The summed E-state index contributed by atoms with van der Waals surface area (Å²) in [4.78, 5) is 50.1. The number of ether oxygens (including phenoxy) is 2. The molecule has 2 heterocycles. The average Bonchev–Trinajstić information content (AvgIpc) is 2.97. The molecular formula is C27H33Cl2N7O5. The zero-order chi connectivity index (χ0) is 29.8. The SMILES string of the molecule is C=CC(=O)N[C@H]1C[C@H](C(=O)NCC)CC[C@H]1Nc1ncc2c(n1)N(C)C(=O)N(c1c(Cl)c(OC)cc(OC)c1Cl)C2. The van der Waals surface area contributed by atoms with Gasteiger partial charge in [0.25, 0.3) is 0 Å². The summed E-state index contributed by atoms with van der Waals surface area (Å²) in [6.45, 7) is 6.04. The molecule has 2 aliphatic rings. The Morgan fingerprint density at radius 3 is 2.46 bits per heavy atom. The van der Waals surface area contributed by atoms with Crippen LogP contribution in [0.5, 0.6) is 11.5 Å². The summed E-state index contributed by atoms with van der Waals surface area (Å²) in [5.41, 5.74) is 0.905. The molecule has 3 N–H and O–H groups in total. The number of nitrogens with zero attached hydrogens (tertiary/aromatic N) is 4. The van der Waals surface area contributed by atoms with Crippen LogP contribution < -0.4 is 35.2 Å². The van der Waals surface area contributed by atoms with Gasteiger partial charge in [0, 0.05) is 43.4 Å². The number of hydrogen-bond donors (Lipinski definition) is 3. The van der Waals surface area contributed by atoms with E-state index in [1.54, 1.807) is 19.3 Å². The third-order valence-electron chi connectivity index (χ3n) is 7.23. The van der Waals surface area contributed by atoms with Crippen molar-refractivity contribution in [3.05, 3.63) is 40.5 Å². The quantitative estimate of drug-likeness (QED) is 0.367. The molecule has 1 aromatic carbocycles. The maximum Gasteiger partial charge on any atom is 0.330 e. The Labute approximate surface area is 248 Å². The molecule has 220 valence electrons. The summed E-state index contributed by atoms with van der Waals surface area (Å²) in [5.74, 6) is 0.717. The topological polar surface area (TPSA) is 138 Å². The average molecular weight is 607 g/mol. The maximum absolute atomic E-state index is 13.5. The number of rotatable bonds is 9. The highest BCUT2D eigenvalue weighted by Gasteiger charge is 2.37. The first-order valence-corrected chi connectivity index (χ1v) is 13.9. The number of urea groups is 1. The van der Waals surface area contributed by atoms with Crippen LogP contribution in [0, 0.1) is 5.92 Å². The van der Waals surface area contributed by atoms with E-state index in [9.17, 15) is 14.4 Å². The van der Waals surface area contributed by atoms with Gasteiger partial charge in [-0.1, -0.05) is 29.8 Å². The highest BCUT2D eigenvalue weighted by atomic mass is 35.5. The van der Waals surface area contributed by atoms with Gasteiger partial charge in [-0.3, -0.25) is 19.4 Å². The van der Waals surface area contributed by atoms with E-state index in [4.69, 9.17) is 32.7 Å². The fraction of sp³-hybridized carbons (Fsp3) is 0.444. The van der Waals surface area contributed by atoms with Gasteiger partial charge in [-0.05, 0) is 32.3 Å². The second-order valence-corrected chi connectivity index (χ2v) is 10.5. The molecule has 0 unspecified atom stereocenters. The van der Waals surface area contributed by atoms with E-state index >= 15 is 0 Å². The normalized spacial score (nSPS) is 20.1. The Hall–Kier alpha value is -3.77. The molecule has 1 saturated carbocycles. The number of amides is 4. The van der Waals surface area contributed by atoms with Gasteiger partial charge in [0.15, 0.2) is 0 Å². The van der Waals surface area contributed by atoms with Gasteiger partial charge in [-0.25, -0.2) is 9.78 Å². The van der Waals surface area contributed by atoms with E-state index in [0.29, 0.717) is 48.7 Å². The summed E-state index contributed by atoms with van der Waals surface area (Å²) < 4.78 is 10.7. The summed E-state index contributed by atoms with van der Waals surface area (Å²) >= 11 is 13.2. The summed E-state index contributed by atoms with van der Waals surface area (Å²) in [6, 6.07) is 0.532. The van der Waals surface area contributed by atoms with Crippen LogP contribution in [-0.2, 0) is 16.1 Å². The number of carbonyl (C=O) groups is 3. The molecule has 1 fully saturated rings. The lowest BCUT2D eigenvalue weighted by Gasteiger charge is -2.37. The highest BCUT2D eigenvalue weighted by Crippen LogP contribution is 2.47. The zero-order valence-electron chi connectivity index (χ0n) is 23.3. The summed E-state index contributed by atoms with van der Waals surface area (Å²) in [5, 5.41) is 9.41. The predicted molar refractivity (Wildman–Crippen MR) is 157 cm³/mol. The van der Waals surface area contributed by atoms with E-state index in [1.807, 2.05) is 6.92 Å². The van der Waals surface area contributed by atoms with Crippen molar-refractivity contribution in [2.75, 3.05) is 42.9 Å². The van der Waals surface area contributed by atoms with Crippen LogP contribution in [-0.4, -0.2) is 67.7 Å². The Bertz CT molecular complexity index is 1330. The first-order chi connectivity index (χ1) is 19.6. The lowest BCUT2D eigenvalue weighted by Crippen LogP contribution is -2.52. The molecule has 1 aromatic heterocycles. The molecule has 4 amide bonds. The van der Waals surface area contributed by atoms with Crippen LogP contribution in [0.15, 0.2) is 24.9 Å². The number of aromatic nitrogens is 2. The number of methoxy groups -OCH3 is 2. The number of hydrogen-bond acceptors (Lipinski definition) is 8. The number of halogens is 2. The number of nitrogens with one attached hydrogen (secondary N) is 3. The zero-order valence-corrected chi connectivity index (χ0v) is 24.8. The summed E-state index contributed by atoms with van der Waals surface area (Å²) in [6.07, 6.45) is 4.50. The van der Waals surface area contributed by atoms with Crippen LogP contribution in [0.4, 0.5) is 22.2 Å². The van der Waals surface area contributed by atoms with Gasteiger partial charge >= 0.3 is 6.03 Å². The number of fused-ring (bicyclic) bond motifs is 1. The fourth-order valence-corrected chi connectivity index (χ4v) is 5.84. The lowest BCUT2D eigenvalue weighted by molar-refractivity contribution is -0.127. The van der Waals surface area contributed by atoms with Crippen LogP contribution in [0.2, 0.25) is 10.0 Å². The third-order valence-corrected chi connectivity index (χ3v) is 7.96. The van der Waals surface area contributed by atoms with E-state index in [0.717, 1.165) is 0 Å². The number of anilines is 3. The standard InChI is InChI=1S/C27H33Cl2N7O5/c1-6-20(37)32-17-10-14(25(38)30-7-2)8-9-16(17)33-26-31-12-15-13-36(27(39)35(3)24(15)34-26)23-21(28)18(40-4)11-19(41-5)22(23)29/h6,11-12,14,16-17H,1,7-10,13H2,2-5H3,(H,30,38)(H,32,37)(H,31,33,34)/t14-,16-,17+/m1/s1. The first kappa shape index (κ1) is 30.2. The molecule has 4 rings (SSSR count). The molecule has 0 saturated heterocycles. The Kier molecular flexibility index (Phi) is 9.44. The highest BCUT2D eigenvalue weighted by molar-refractivity contribution is 6.42. The van der Waals surface area contributed by atoms with Crippen molar-refractivity contribution in [3.8, 4) is 11.5 Å². The molecular weight excluding hydrogens is 573 g/mol. The van der Waals surface area contributed by atoms with E-state index in [-0.39, 0.29) is 58.0 Å². The number of benzene rings is 1. The molecule has 41 heavy (non-hydrogen) atoms. The monoisotopic (exact) mass is 605 g/mol. The molecule has 1 aliphatic carbocycles. The van der Waals surface area contributed by atoms with E-state index in [1.165, 1.54) is 30.1 Å². The van der Waals surface area contributed by atoms with E-state index < -0.39 is 6.03 Å². The van der Waals surface area contributed by atoms with Crippen LogP contribution in [0.1, 0.15) is 31.7 Å². The predicted octanol–water partition coefficient (Wildman–Crippen LogP) is 3.76. The van der Waals surface area contributed by atoms with Crippen molar-refractivity contribution in [3.63, 3.8) is 0 Å². The smallest absolute Gasteiger partial charge is 0.330 e. The third kappa shape index (κ3) is 6.13. The second-order valence-electron chi connectivity index (χ2n) is 9.70. The van der Waals surface area contributed by atoms with Gasteiger partial charge < -0.3 is 25.4 Å². The van der Waals surface area contributed by atoms with Crippen LogP contribution in [0.3, 0.4) is 0 Å². The molecule has 0 spiro atoms. The second kappa shape index (κ2) is 12.8. The molecule has 12 nitrogen and oxygen atoms in total. The number of carbonyl (C=O) groups excluding carboxylic acids is 3. The first-order valence-electron chi connectivity index (χ1n) is 13.1. The minimum atomic E-state index is -0.417. The molecule has 0 bridgehead atoms. The van der Waals surface area contributed by atoms with Crippen LogP contribution >= 0.6 is 23.2 Å². The van der Waals surface area contributed by atoms with Crippen molar-refractivity contribution in [2.24, 2.45) is 5.92 Å². The van der Waals surface area contributed by atoms with Crippen molar-refractivity contribution in [2.45, 2.75) is 44.8 Å². The maximum atomic E-state index is 13.5. The van der Waals surface area contributed by atoms with Crippen molar-refractivity contribution >= 4 is 58.5 Å². The van der Waals surface area contributed by atoms with Crippen molar-refractivity contribution < 1.29 is 23.9 Å². The Morgan fingerprint density at radius 2 is 1.85 bits per heavy atom. The van der Waals surface area contributed by atoms with Gasteiger partial charge in [-0.15, -0.1) is 0 Å². The minimum absolute atomic E-state index is 0.0348. The molecule has 3 atom stereocenters. The van der Waals surface area contributed by atoms with Gasteiger partial charge in [-0.2, -0.15) is 4.98 Å². The van der Waals surface area contributed by atoms with Gasteiger partial charge in [0.2, 0.25) is 17.8 Å². The Balaban J connectivity index is 1.59. The minimum Gasteiger partial charge on any atom is -0.495 e. The molecule has 1 aliphatic heterocycles. The van der Waals surface area contributed by atoms with Crippen LogP contribution in [0.25, 0.3) is 0 Å². The van der Waals surface area contributed by atoms with E-state index in [2.05, 4.69) is 32.5 Å². The van der Waals surface area contributed by atoms with Crippen molar-refractivity contribution in [1.29, 1.82) is 0 Å². The lowest BCUT2D eigenvalue weighted by atomic mass is 9.81. The Morgan fingerprint density at radius 1 is 1.17 bits per heavy atom. The molecule has 2 aromatic rings. The molecule has 14 heteroatoms. The summed E-state index contributed by atoms with van der Waals surface area (Å²) in [7, 11) is 4.51. The largest absolute Gasteiger partial charge is 0.495 e.